The molecule has 0 saturated carbocycles. The summed E-state index contributed by atoms with van der Waals surface area (Å²) in [6.45, 7) is 0. The summed E-state index contributed by atoms with van der Waals surface area (Å²) >= 11 is 1.43. The maximum atomic E-state index is 11.9. The first kappa shape index (κ1) is 13.3. The summed E-state index contributed by atoms with van der Waals surface area (Å²) < 4.78 is 0. The summed E-state index contributed by atoms with van der Waals surface area (Å²) in [7, 11) is 0. The van der Waals surface area contributed by atoms with Crippen molar-refractivity contribution in [2.75, 3.05) is 5.43 Å². The van der Waals surface area contributed by atoms with E-state index in [0.717, 1.165) is 11.3 Å². The number of thiazole rings is 1. The molecule has 5 nitrogen and oxygen atoms in total. The molecule has 104 valence electrons. The molecule has 1 amide bonds. The lowest BCUT2D eigenvalue weighted by Crippen LogP contribution is -2.29. The molecular formula is C15H12N4OS. The summed E-state index contributed by atoms with van der Waals surface area (Å²) in [5, 5.41) is 2.58. The second kappa shape index (κ2) is 6.15. The van der Waals surface area contributed by atoms with Crippen molar-refractivity contribution in [3.63, 3.8) is 0 Å². The van der Waals surface area contributed by atoms with Crippen LogP contribution in [0.1, 0.15) is 10.4 Å². The Morgan fingerprint density at radius 1 is 1.05 bits per heavy atom. The van der Waals surface area contributed by atoms with Crippen LogP contribution >= 0.6 is 11.3 Å². The molecule has 1 aromatic carbocycles. The van der Waals surface area contributed by atoms with Gasteiger partial charge in [-0.3, -0.25) is 20.6 Å². The van der Waals surface area contributed by atoms with Crippen LogP contribution in [0.25, 0.3) is 11.3 Å². The zero-order chi connectivity index (χ0) is 14.5. The monoisotopic (exact) mass is 296 g/mol. The van der Waals surface area contributed by atoms with E-state index in [2.05, 4.69) is 20.8 Å². The molecule has 2 heterocycles. The van der Waals surface area contributed by atoms with Crippen molar-refractivity contribution in [2.45, 2.75) is 0 Å². The van der Waals surface area contributed by atoms with Crippen molar-refractivity contribution < 1.29 is 4.79 Å². The average Bonchev–Trinajstić information content (AvgIpc) is 3.03. The minimum Gasteiger partial charge on any atom is -0.273 e. The molecule has 3 aromatic rings. The summed E-state index contributed by atoms with van der Waals surface area (Å²) in [5.74, 6) is -0.228. The summed E-state index contributed by atoms with van der Waals surface area (Å²) in [5.41, 5.74) is 7.89. The number of pyridine rings is 1. The molecule has 0 aliphatic carbocycles. The molecule has 2 aromatic heterocycles. The fraction of sp³-hybridized carbons (Fsp3) is 0. The van der Waals surface area contributed by atoms with Crippen LogP contribution in [0.3, 0.4) is 0 Å². The van der Waals surface area contributed by atoms with Gasteiger partial charge < -0.3 is 0 Å². The fourth-order valence-corrected chi connectivity index (χ4v) is 2.43. The molecular weight excluding hydrogens is 284 g/mol. The van der Waals surface area contributed by atoms with Crippen molar-refractivity contribution in [1.29, 1.82) is 0 Å². The topological polar surface area (TPSA) is 66.9 Å². The van der Waals surface area contributed by atoms with E-state index in [1.54, 1.807) is 24.5 Å². The van der Waals surface area contributed by atoms with E-state index in [0.29, 0.717) is 10.7 Å². The largest absolute Gasteiger partial charge is 0.273 e. The Labute approximate surface area is 125 Å². The van der Waals surface area contributed by atoms with Crippen molar-refractivity contribution in [3.05, 3.63) is 65.8 Å². The van der Waals surface area contributed by atoms with Gasteiger partial charge in [0.2, 0.25) is 5.13 Å². The summed E-state index contributed by atoms with van der Waals surface area (Å²) in [6.07, 6.45) is 3.15. The third-order valence-electron chi connectivity index (χ3n) is 2.80. The minimum absolute atomic E-state index is 0.228. The van der Waals surface area contributed by atoms with E-state index < -0.39 is 0 Å². The van der Waals surface area contributed by atoms with E-state index >= 15 is 0 Å². The minimum atomic E-state index is -0.228. The standard InChI is InChI=1S/C15H12N4OS/c20-14(12-6-8-16-9-7-12)18-19-15-17-13(10-21-15)11-4-2-1-3-5-11/h1-10H,(H,17,19)(H,18,20). The Hall–Kier alpha value is -2.73. The third kappa shape index (κ3) is 3.24. The lowest BCUT2D eigenvalue weighted by molar-refractivity contribution is 0.0962. The van der Waals surface area contributed by atoms with Crippen molar-refractivity contribution in [3.8, 4) is 11.3 Å². The number of hydrogen-bond acceptors (Lipinski definition) is 5. The first-order valence-corrected chi connectivity index (χ1v) is 7.18. The quantitative estimate of drug-likeness (QED) is 0.726. The van der Waals surface area contributed by atoms with Crippen molar-refractivity contribution >= 4 is 22.4 Å². The van der Waals surface area contributed by atoms with Gasteiger partial charge >= 0.3 is 0 Å². The van der Waals surface area contributed by atoms with Crippen LogP contribution in [-0.2, 0) is 0 Å². The van der Waals surface area contributed by atoms with Gasteiger partial charge in [-0.25, -0.2) is 4.98 Å². The van der Waals surface area contributed by atoms with Crippen LogP contribution in [0.4, 0.5) is 5.13 Å². The van der Waals surface area contributed by atoms with Crippen molar-refractivity contribution in [1.82, 2.24) is 15.4 Å². The maximum absolute atomic E-state index is 11.9. The lowest BCUT2D eigenvalue weighted by Gasteiger charge is -2.04. The first-order chi connectivity index (χ1) is 10.3. The molecule has 0 atom stereocenters. The van der Waals surface area contributed by atoms with Crippen LogP contribution in [0, 0.1) is 0 Å². The number of benzene rings is 1. The maximum Gasteiger partial charge on any atom is 0.269 e. The number of hydrogen-bond donors (Lipinski definition) is 2. The predicted octanol–water partition coefficient (Wildman–Crippen LogP) is 2.96. The van der Waals surface area contributed by atoms with Gasteiger partial charge in [0.15, 0.2) is 0 Å². The SMILES string of the molecule is O=C(NNc1nc(-c2ccccc2)cs1)c1ccncc1. The zero-order valence-corrected chi connectivity index (χ0v) is 11.8. The van der Waals surface area contributed by atoms with E-state index in [-0.39, 0.29) is 5.91 Å². The molecule has 2 N–H and O–H groups in total. The fourth-order valence-electron chi connectivity index (χ4n) is 1.76. The molecule has 0 aliphatic heterocycles. The number of carbonyl (C=O) groups is 1. The lowest BCUT2D eigenvalue weighted by atomic mass is 10.2. The van der Waals surface area contributed by atoms with Gasteiger partial charge in [0, 0.05) is 28.9 Å². The summed E-state index contributed by atoms with van der Waals surface area (Å²) in [4.78, 5) is 20.2. The second-order valence-electron chi connectivity index (χ2n) is 4.22. The van der Waals surface area contributed by atoms with Crippen LogP contribution < -0.4 is 10.9 Å². The molecule has 0 saturated heterocycles. The number of anilines is 1. The highest BCUT2D eigenvalue weighted by Crippen LogP contribution is 2.23. The predicted molar refractivity (Wildman–Crippen MR) is 82.9 cm³/mol. The number of aromatic nitrogens is 2. The number of nitrogens with zero attached hydrogens (tertiary/aromatic N) is 2. The molecule has 0 radical (unpaired) electrons. The van der Waals surface area contributed by atoms with Gasteiger partial charge in [-0.15, -0.1) is 11.3 Å². The molecule has 0 aliphatic rings. The van der Waals surface area contributed by atoms with E-state index in [4.69, 9.17) is 0 Å². The van der Waals surface area contributed by atoms with Gasteiger partial charge in [0.25, 0.3) is 5.91 Å². The van der Waals surface area contributed by atoms with E-state index in [9.17, 15) is 4.79 Å². The Bertz CT molecular complexity index is 728. The van der Waals surface area contributed by atoms with Crippen LogP contribution in [-0.4, -0.2) is 15.9 Å². The number of amides is 1. The number of nitrogens with one attached hydrogen (secondary N) is 2. The van der Waals surface area contributed by atoms with Gasteiger partial charge in [-0.05, 0) is 12.1 Å². The Kier molecular flexibility index (Phi) is 3.88. The van der Waals surface area contributed by atoms with Gasteiger partial charge in [-0.1, -0.05) is 30.3 Å². The van der Waals surface area contributed by atoms with Crippen LogP contribution in [0.5, 0.6) is 0 Å². The zero-order valence-electron chi connectivity index (χ0n) is 11.0. The first-order valence-electron chi connectivity index (χ1n) is 6.30. The smallest absolute Gasteiger partial charge is 0.269 e. The Morgan fingerprint density at radius 3 is 2.57 bits per heavy atom. The molecule has 0 spiro atoms. The third-order valence-corrected chi connectivity index (χ3v) is 3.56. The van der Waals surface area contributed by atoms with Gasteiger partial charge in [-0.2, -0.15) is 0 Å². The number of hydrazine groups is 1. The van der Waals surface area contributed by atoms with Gasteiger partial charge in [0.05, 0.1) is 5.69 Å². The second-order valence-corrected chi connectivity index (χ2v) is 5.08. The highest BCUT2D eigenvalue weighted by molar-refractivity contribution is 7.14. The van der Waals surface area contributed by atoms with Crippen molar-refractivity contribution in [2.24, 2.45) is 0 Å². The normalized spacial score (nSPS) is 10.1. The van der Waals surface area contributed by atoms with E-state index in [1.165, 1.54) is 11.3 Å². The van der Waals surface area contributed by atoms with Crippen LogP contribution in [0.15, 0.2) is 60.2 Å². The number of rotatable bonds is 4. The molecule has 6 heteroatoms. The average molecular weight is 296 g/mol. The van der Waals surface area contributed by atoms with E-state index in [1.807, 2.05) is 35.7 Å². The number of carbonyl (C=O) groups excluding carboxylic acids is 1. The van der Waals surface area contributed by atoms with Gasteiger partial charge in [0.1, 0.15) is 0 Å². The highest BCUT2D eigenvalue weighted by atomic mass is 32.1. The molecule has 21 heavy (non-hydrogen) atoms. The molecule has 0 fully saturated rings. The van der Waals surface area contributed by atoms with Crippen LogP contribution in [0.2, 0.25) is 0 Å². The molecule has 0 unspecified atom stereocenters. The Morgan fingerprint density at radius 2 is 1.81 bits per heavy atom. The Balaban J connectivity index is 1.64. The highest BCUT2D eigenvalue weighted by Gasteiger charge is 2.07. The molecule has 3 rings (SSSR count). The summed E-state index contributed by atoms with van der Waals surface area (Å²) in [6, 6.07) is 13.2. The molecule has 0 bridgehead atoms.